The topological polar surface area (TPSA) is 79.6 Å². The van der Waals surface area contributed by atoms with Crippen molar-refractivity contribution in [2.45, 2.75) is 6.92 Å². The number of fused-ring (bicyclic) bond motifs is 1. The standard InChI is InChI=1S/C18H13FN4.C2H6FN/c19-13-3-1-12(2-4-13)17-16(11-7-9-21-10-8-11)14-5-6-15(20)22-18(14)23-17;1-2-4-3/h1-10H,(H3,20,22,23);4H,2H2,1H3. The fourth-order valence-electron chi connectivity index (χ4n) is 2.74. The molecule has 5 nitrogen and oxygen atoms in total. The van der Waals surface area contributed by atoms with Crippen LogP contribution in [0.4, 0.5) is 14.7 Å². The second kappa shape index (κ2) is 8.37. The number of halogens is 2. The SMILES string of the molecule is CCNF.Nc1ccc2c(-c3ccncc3)c(-c3ccc(F)cc3)[nH]c2n1. The summed E-state index contributed by atoms with van der Waals surface area (Å²) in [5, 5.41) is 0.963. The van der Waals surface area contributed by atoms with Gasteiger partial charge in [-0.05, 0) is 59.7 Å². The number of H-pyrrole nitrogens is 1. The molecule has 0 atom stereocenters. The Morgan fingerprint density at radius 3 is 2.30 bits per heavy atom. The quantitative estimate of drug-likeness (QED) is 0.466. The third-order valence-electron chi connectivity index (χ3n) is 3.92. The highest BCUT2D eigenvalue weighted by Gasteiger charge is 2.16. The Hall–Kier alpha value is -3.32. The van der Waals surface area contributed by atoms with Gasteiger partial charge in [0.15, 0.2) is 0 Å². The molecule has 1 aromatic carbocycles. The lowest BCUT2D eigenvalue weighted by Gasteiger charge is -2.05. The predicted octanol–water partition coefficient (Wildman–Crippen LogP) is 4.49. The van der Waals surface area contributed by atoms with Crippen molar-refractivity contribution in [1.82, 2.24) is 20.5 Å². The first-order valence-corrected chi connectivity index (χ1v) is 8.42. The second-order valence-corrected chi connectivity index (χ2v) is 5.74. The Morgan fingerprint density at radius 1 is 1.00 bits per heavy atom. The highest BCUT2D eigenvalue weighted by atomic mass is 19.2. The summed E-state index contributed by atoms with van der Waals surface area (Å²) < 4.78 is 23.7. The van der Waals surface area contributed by atoms with E-state index in [1.807, 2.05) is 18.2 Å². The van der Waals surface area contributed by atoms with Gasteiger partial charge in [0.25, 0.3) is 0 Å². The van der Waals surface area contributed by atoms with Crippen LogP contribution >= 0.6 is 0 Å². The van der Waals surface area contributed by atoms with E-state index in [0.29, 0.717) is 18.0 Å². The summed E-state index contributed by atoms with van der Waals surface area (Å²) in [6.07, 6.45) is 3.49. The molecule has 27 heavy (non-hydrogen) atoms. The molecule has 3 aromatic heterocycles. The van der Waals surface area contributed by atoms with Crippen molar-refractivity contribution < 1.29 is 8.87 Å². The lowest BCUT2D eigenvalue weighted by molar-refractivity contribution is 0.346. The zero-order valence-electron chi connectivity index (χ0n) is 14.7. The van der Waals surface area contributed by atoms with Crippen molar-refractivity contribution in [1.29, 1.82) is 0 Å². The van der Waals surface area contributed by atoms with Crippen LogP contribution in [0.5, 0.6) is 0 Å². The van der Waals surface area contributed by atoms with E-state index in [0.717, 1.165) is 27.8 Å². The number of hydrogen-bond acceptors (Lipinski definition) is 4. The summed E-state index contributed by atoms with van der Waals surface area (Å²) in [5.41, 5.74) is 11.7. The van der Waals surface area contributed by atoms with Gasteiger partial charge in [0.05, 0.1) is 5.69 Å². The molecule has 0 spiro atoms. The minimum absolute atomic E-state index is 0.266. The maximum absolute atomic E-state index is 13.2. The smallest absolute Gasteiger partial charge is 0.140 e. The molecule has 0 aliphatic heterocycles. The van der Waals surface area contributed by atoms with Crippen LogP contribution in [-0.4, -0.2) is 21.5 Å². The van der Waals surface area contributed by atoms with Gasteiger partial charge in [0, 0.05) is 29.9 Å². The molecular formula is C20H19F2N5. The second-order valence-electron chi connectivity index (χ2n) is 5.74. The number of anilines is 1. The van der Waals surface area contributed by atoms with Gasteiger partial charge in [-0.15, -0.1) is 4.48 Å². The van der Waals surface area contributed by atoms with Crippen molar-refractivity contribution in [3.05, 3.63) is 66.7 Å². The van der Waals surface area contributed by atoms with Gasteiger partial charge in [-0.3, -0.25) is 4.98 Å². The Kier molecular flexibility index (Phi) is 5.73. The van der Waals surface area contributed by atoms with Gasteiger partial charge in [-0.2, -0.15) is 5.54 Å². The van der Waals surface area contributed by atoms with E-state index in [9.17, 15) is 8.87 Å². The van der Waals surface area contributed by atoms with E-state index < -0.39 is 0 Å². The summed E-state index contributed by atoms with van der Waals surface area (Å²) in [7, 11) is 0. The average molecular weight is 367 g/mol. The molecule has 0 aliphatic rings. The molecule has 4 aromatic rings. The van der Waals surface area contributed by atoms with Gasteiger partial charge in [-0.25, -0.2) is 9.37 Å². The Bertz CT molecular complexity index is 1010. The van der Waals surface area contributed by atoms with Gasteiger partial charge in [0.2, 0.25) is 0 Å². The number of aromatic nitrogens is 3. The van der Waals surface area contributed by atoms with Crippen molar-refractivity contribution in [3.8, 4) is 22.4 Å². The summed E-state index contributed by atoms with van der Waals surface area (Å²) in [6, 6.07) is 14.0. The van der Waals surface area contributed by atoms with Crippen molar-refractivity contribution >= 4 is 16.9 Å². The van der Waals surface area contributed by atoms with Gasteiger partial charge >= 0.3 is 0 Å². The van der Waals surface area contributed by atoms with E-state index in [-0.39, 0.29) is 5.82 Å². The van der Waals surface area contributed by atoms with Crippen LogP contribution in [0.3, 0.4) is 0 Å². The number of aromatic amines is 1. The molecule has 0 bridgehead atoms. The Labute approximate surface area is 155 Å². The highest BCUT2D eigenvalue weighted by Crippen LogP contribution is 2.37. The number of nitrogen functional groups attached to an aromatic ring is 1. The summed E-state index contributed by atoms with van der Waals surface area (Å²) in [6.45, 7) is 2.10. The zero-order valence-corrected chi connectivity index (χ0v) is 14.7. The summed E-state index contributed by atoms with van der Waals surface area (Å²) in [5.74, 6) is 0.184. The molecule has 4 rings (SSSR count). The number of rotatable bonds is 3. The molecule has 0 unspecified atom stereocenters. The first-order chi connectivity index (χ1) is 13.1. The normalized spacial score (nSPS) is 10.5. The number of nitrogens with one attached hydrogen (secondary N) is 2. The van der Waals surface area contributed by atoms with Gasteiger partial charge < -0.3 is 10.7 Å². The molecule has 0 aliphatic carbocycles. The molecule has 0 saturated heterocycles. The first kappa shape index (κ1) is 18.5. The first-order valence-electron chi connectivity index (χ1n) is 8.42. The van der Waals surface area contributed by atoms with E-state index in [4.69, 9.17) is 5.73 Å². The largest absolute Gasteiger partial charge is 0.384 e. The molecule has 3 heterocycles. The summed E-state index contributed by atoms with van der Waals surface area (Å²) >= 11 is 0. The fourth-order valence-corrected chi connectivity index (χ4v) is 2.74. The number of nitrogens with zero attached hydrogens (tertiary/aromatic N) is 2. The lowest BCUT2D eigenvalue weighted by Crippen LogP contribution is -1.93. The number of benzene rings is 1. The molecule has 0 radical (unpaired) electrons. The molecular weight excluding hydrogens is 348 g/mol. The van der Waals surface area contributed by atoms with Crippen LogP contribution < -0.4 is 11.3 Å². The van der Waals surface area contributed by atoms with E-state index in [1.54, 1.807) is 37.5 Å². The predicted molar refractivity (Wildman–Crippen MR) is 104 cm³/mol. The van der Waals surface area contributed by atoms with E-state index in [2.05, 4.69) is 15.0 Å². The maximum Gasteiger partial charge on any atom is 0.140 e. The van der Waals surface area contributed by atoms with Crippen LogP contribution in [0.2, 0.25) is 0 Å². The van der Waals surface area contributed by atoms with Crippen molar-refractivity contribution in [2.75, 3.05) is 12.3 Å². The molecule has 0 amide bonds. The van der Waals surface area contributed by atoms with E-state index in [1.165, 1.54) is 17.7 Å². The maximum atomic E-state index is 13.2. The van der Waals surface area contributed by atoms with Crippen LogP contribution in [0.15, 0.2) is 60.9 Å². The average Bonchev–Trinajstić information content (AvgIpc) is 3.08. The van der Waals surface area contributed by atoms with Crippen LogP contribution in [0, 0.1) is 5.82 Å². The molecule has 138 valence electrons. The minimum Gasteiger partial charge on any atom is -0.384 e. The number of hydrogen-bond donors (Lipinski definition) is 3. The monoisotopic (exact) mass is 367 g/mol. The third kappa shape index (κ3) is 4.09. The molecule has 0 fully saturated rings. The van der Waals surface area contributed by atoms with Gasteiger partial charge in [-0.1, -0.05) is 6.92 Å². The van der Waals surface area contributed by atoms with Gasteiger partial charge in [0.1, 0.15) is 17.3 Å². The summed E-state index contributed by atoms with van der Waals surface area (Å²) in [4.78, 5) is 11.7. The lowest BCUT2D eigenvalue weighted by atomic mass is 10.00. The number of pyridine rings is 2. The van der Waals surface area contributed by atoms with E-state index >= 15 is 0 Å². The van der Waals surface area contributed by atoms with Crippen molar-refractivity contribution in [3.63, 3.8) is 0 Å². The van der Waals surface area contributed by atoms with Crippen LogP contribution in [0.25, 0.3) is 33.4 Å². The zero-order chi connectivity index (χ0) is 19.2. The fraction of sp³-hybridized carbons (Fsp3) is 0.100. The highest BCUT2D eigenvalue weighted by molar-refractivity contribution is 6.02. The molecule has 7 heteroatoms. The Balaban J connectivity index is 0.000000481. The van der Waals surface area contributed by atoms with Crippen LogP contribution in [-0.2, 0) is 0 Å². The van der Waals surface area contributed by atoms with Crippen molar-refractivity contribution in [2.24, 2.45) is 0 Å². The Morgan fingerprint density at radius 2 is 1.67 bits per heavy atom. The van der Waals surface area contributed by atoms with Crippen LogP contribution in [0.1, 0.15) is 6.92 Å². The minimum atomic E-state index is -0.266. The molecule has 4 N–H and O–H groups in total. The number of nitrogens with two attached hydrogens (primary N) is 1. The molecule has 0 saturated carbocycles. The third-order valence-corrected chi connectivity index (χ3v) is 3.92.